The van der Waals surface area contributed by atoms with Crippen LogP contribution in [0.25, 0.3) is 22.2 Å². The number of Topliss-reactive ketones (excluding diaryl/α,β-unsaturated/α-hetero) is 1. The first-order chi connectivity index (χ1) is 19.6. The molecule has 2 aromatic heterocycles. The van der Waals surface area contributed by atoms with Gasteiger partial charge >= 0.3 is 5.63 Å². The number of ketones is 1. The number of nitrogens with zero attached hydrogens (tertiary/aromatic N) is 3. The molecule has 3 heterocycles. The van der Waals surface area contributed by atoms with Gasteiger partial charge in [-0.15, -0.1) is 0 Å². The second-order valence-electron chi connectivity index (χ2n) is 9.28. The summed E-state index contributed by atoms with van der Waals surface area (Å²) in [7, 11) is 0. The van der Waals surface area contributed by atoms with Gasteiger partial charge in [0.05, 0.1) is 24.6 Å². The largest absolute Gasteiger partial charge is 0.457 e. The van der Waals surface area contributed by atoms with Gasteiger partial charge in [-0.25, -0.2) is 14.8 Å². The summed E-state index contributed by atoms with van der Waals surface area (Å²) >= 11 is 0. The lowest BCUT2D eigenvalue weighted by Crippen LogP contribution is -2.38. The Morgan fingerprint density at radius 1 is 0.975 bits per heavy atom. The molecule has 0 spiro atoms. The van der Waals surface area contributed by atoms with Crippen LogP contribution in [0.15, 0.2) is 94.3 Å². The van der Waals surface area contributed by atoms with E-state index < -0.39 is 5.63 Å². The average Bonchev–Trinajstić information content (AvgIpc) is 2.97. The summed E-state index contributed by atoms with van der Waals surface area (Å²) < 4.78 is 17.2. The van der Waals surface area contributed by atoms with Crippen LogP contribution in [-0.2, 0) is 4.74 Å². The normalized spacial score (nSPS) is 13.3. The van der Waals surface area contributed by atoms with Gasteiger partial charge in [0, 0.05) is 42.0 Å². The lowest BCUT2D eigenvalue weighted by Gasteiger charge is -2.30. The molecule has 1 fully saturated rings. The molecule has 0 atom stereocenters. The minimum Gasteiger partial charge on any atom is -0.457 e. The Kier molecular flexibility index (Phi) is 6.95. The molecule has 0 unspecified atom stereocenters. The highest BCUT2D eigenvalue weighted by Gasteiger charge is 2.24. The van der Waals surface area contributed by atoms with Crippen LogP contribution in [0.3, 0.4) is 0 Å². The van der Waals surface area contributed by atoms with Crippen molar-refractivity contribution in [1.29, 1.82) is 0 Å². The number of benzene rings is 3. The van der Waals surface area contributed by atoms with Crippen molar-refractivity contribution in [2.24, 2.45) is 0 Å². The van der Waals surface area contributed by atoms with E-state index in [2.05, 4.69) is 10.3 Å². The number of carbonyl (C=O) groups is 1. The molecule has 1 saturated heterocycles. The fourth-order valence-electron chi connectivity index (χ4n) is 4.77. The zero-order chi connectivity index (χ0) is 27.5. The highest BCUT2D eigenvalue weighted by atomic mass is 16.5. The lowest BCUT2D eigenvalue weighted by molar-refractivity contribution is 0.101. The molecule has 9 nitrogen and oxygen atoms in total. The molecule has 40 heavy (non-hydrogen) atoms. The number of morpholine rings is 1. The molecule has 0 radical (unpaired) electrons. The van der Waals surface area contributed by atoms with Crippen LogP contribution in [0.5, 0.6) is 11.5 Å². The van der Waals surface area contributed by atoms with Crippen LogP contribution in [0, 0.1) is 0 Å². The lowest BCUT2D eigenvalue weighted by atomic mass is 10.1. The van der Waals surface area contributed by atoms with E-state index in [1.807, 2.05) is 77.7 Å². The van der Waals surface area contributed by atoms with Gasteiger partial charge in [-0.05, 0) is 49.4 Å². The molecule has 1 aliphatic heterocycles. The van der Waals surface area contributed by atoms with E-state index in [9.17, 15) is 9.59 Å². The Morgan fingerprint density at radius 3 is 2.55 bits per heavy atom. The molecule has 5 aromatic rings. The summed E-state index contributed by atoms with van der Waals surface area (Å²) in [6.45, 7) is 3.58. The molecule has 1 N–H and O–H groups in total. The van der Waals surface area contributed by atoms with Crippen molar-refractivity contribution in [2.45, 2.75) is 6.92 Å². The van der Waals surface area contributed by atoms with Crippen LogP contribution in [-0.4, -0.2) is 42.1 Å². The van der Waals surface area contributed by atoms with E-state index in [1.165, 1.54) is 6.92 Å². The number of rotatable bonds is 7. The maximum Gasteiger partial charge on any atom is 0.349 e. The van der Waals surface area contributed by atoms with Crippen LogP contribution < -0.4 is 20.6 Å². The fourth-order valence-corrected chi connectivity index (χ4v) is 4.77. The van der Waals surface area contributed by atoms with Crippen molar-refractivity contribution >= 4 is 34.1 Å². The average molecular weight is 535 g/mol. The Bertz CT molecular complexity index is 1750. The van der Waals surface area contributed by atoms with Crippen molar-refractivity contribution in [3.05, 3.63) is 101 Å². The van der Waals surface area contributed by atoms with Crippen LogP contribution >= 0.6 is 0 Å². The Balaban J connectivity index is 1.33. The summed E-state index contributed by atoms with van der Waals surface area (Å²) in [4.78, 5) is 36.4. The molecule has 1 aliphatic rings. The molecule has 0 bridgehead atoms. The van der Waals surface area contributed by atoms with Crippen molar-refractivity contribution in [3.63, 3.8) is 0 Å². The van der Waals surface area contributed by atoms with Crippen molar-refractivity contribution in [3.8, 4) is 22.8 Å². The zero-order valence-electron chi connectivity index (χ0n) is 21.8. The van der Waals surface area contributed by atoms with E-state index in [1.54, 1.807) is 12.3 Å². The summed E-state index contributed by atoms with van der Waals surface area (Å²) in [6.07, 6.45) is 1.67. The number of carbonyl (C=O) groups excluding carboxylic acids is 1. The van der Waals surface area contributed by atoms with E-state index in [0.29, 0.717) is 66.0 Å². The summed E-state index contributed by atoms with van der Waals surface area (Å²) in [5.74, 6) is 1.43. The predicted molar refractivity (Wildman–Crippen MR) is 153 cm³/mol. The molecule has 0 amide bonds. The smallest absolute Gasteiger partial charge is 0.349 e. The number of hydrogen-bond acceptors (Lipinski definition) is 9. The molecule has 0 saturated carbocycles. The van der Waals surface area contributed by atoms with Gasteiger partial charge in [-0.1, -0.05) is 30.3 Å². The third-order valence-electron chi connectivity index (χ3n) is 6.61. The molecule has 0 aliphatic carbocycles. The number of anilines is 3. The van der Waals surface area contributed by atoms with Crippen molar-refractivity contribution in [1.82, 2.24) is 9.97 Å². The first-order valence-corrected chi connectivity index (χ1v) is 12.9. The SMILES string of the molecule is CC(=O)c1c(N2CCOCC2)c2ccc(Nc3nccc(-c4ccccc4Oc4ccccc4)n3)cc2oc1=O. The number of fused-ring (bicyclic) bond motifs is 1. The monoisotopic (exact) mass is 534 g/mol. The third-order valence-corrected chi connectivity index (χ3v) is 6.61. The molecule has 6 rings (SSSR count). The van der Waals surface area contributed by atoms with Gasteiger partial charge in [0.1, 0.15) is 22.6 Å². The highest BCUT2D eigenvalue weighted by Crippen LogP contribution is 2.34. The molecular formula is C31H26N4O5. The van der Waals surface area contributed by atoms with E-state index in [-0.39, 0.29) is 11.3 Å². The van der Waals surface area contributed by atoms with Crippen molar-refractivity contribution < 1.29 is 18.7 Å². The number of hydrogen-bond donors (Lipinski definition) is 1. The summed E-state index contributed by atoms with van der Waals surface area (Å²) in [5, 5.41) is 3.89. The van der Waals surface area contributed by atoms with Crippen LogP contribution in [0.4, 0.5) is 17.3 Å². The Hall–Kier alpha value is -5.02. The standard InChI is InChI=1S/C31H26N4O5/c1-20(36)28-29(35-15-17-38-18-16-35)24-12-11-21(19-27(24)40-30(28)37)33-31-32-14-13-25(34-31)23-9-5-6-10-26(23)39-22-7-3-2-4-8-22/h2-14,19H,15-18H2,1H3,(H,32,33,34). The number of nitrogens with one attached hydrogen (secondary N) is 1. The Morgan fingerprint density at radius 2 is 1.75 bits per heavy atom. The topological polar surface area (TPSA) is 107 Å². The van der Waals surface area contributed by atoms with Crippen LogP contribution in [0.2, 0.25) is 0 Å². The quantitative estimate of drug-likeness (QED) is 0.204. The van der Waals surface area contributed by atoms with Crippen LogP contribution in [0.1, 0.15) is 17.3 Å². The predicted octanol–water partition coefficient (Wildman–Crippen LogP) is 5.83. The fraction of sp³-hybridized carbons (Fsp3) is 0.161. The van der Waals surface area contributed by atoms with E-state index in [4.69, 9.17) is 18.9 Å². The first kappa shape index (κ1) is 25.3. The van der Waals surface area contributed by atoms with Gasteiger partial charge in [0.15, 0.2) is 5.78 Å². The van der Waals surface area contributed by atoms with Gasteiger partial charge < -0.3 is 24.1 Å². The number of ether oxygens (including phenoxy) is 2. The number of aromatic nitrogens is 2. The second kappa shape index (κ2) is 11.0. The highest BCUT2D eigenvalue weighted by molar-refractivity contribution is 6.07. The zero-order valence-corrected chi connectivity index (χ0v) is 21.8. The second-order valence-corrected chi connectivity index (χ2v) is 9.28. The molecule has 200 valence electrons. The summed E-state index contributed by atoms with van der Waals surface area (Å²) in [5.41, 5.74) is 2.46. The minimum atomic E-state index is -0.660. The minimum absolute atomic E-state index is 0.0579. The summed E-state index contributed by atoms with van der Waals surface area (Å²) in [6, 6.07) is 24.4. The first-order valence-electron chi connectivity index (χ1n) is 12.9. The van der Waals surface area contributed by atoms with Gasteiger partial charge in [0.25, 0.3) is 0 Å². The van der Waals surface area contributed by atoms with Gasteiger partial charge in [-0.2, -0.15) is 0 Å². The third kappa shape index (κ3) is 5.14. The Labute approximate surface area is 230 Å². The number of para-hydroxylation sites is 2. The van der Waals surface area contributed by atoms with Gasteiger partial charge in [-0.3, -0.25) is 4.79 Å². The van der Waals surface area contributed by atoms with E-state index in [0.717, 1.165) is 11.3 Å². The van der Waals surface area contributed by atoms with Gasteiger partial charge in [0.2, 0.25) is 5.95 Å². The van der Waals surface area contributed by atoms with Crippen molar-refractivity contribution in [2.75, 3.05) is 36.5 Å². The molecular weight excluding hydrogens is 508 g/mol. The maximum absolute atomic E-state index is 12.9. The van der Waals surface area contributed by atoms with E-state index >= 15 is 0 Å². The maximum atomic E-state index is 12.9. The molecule has 9 heteroatoms. The molecule has 3 aromatic carbocycles.